The van der Waals surface area contributed by atoms with Crippen LogP contribution in [0.3, 0.4) is 0 Å². The smallest absolute Gasteiger partial charge is 0.151 e. The zero-order valence-electron chi connectivity index (χ0n) is 10.9. The van der Waals surface area contributed by atoms with Crippen molar-refractivity contribution in [3.8, 4) is 0 Å². The van der Waals surface area contributed by atoms with Crippen molar-refractivity contribution >= 4 is 34.6 Å². The summed E-state index contributed by atoms with van der Waals surface area (Å²) in [5, 5.41) is 2.17. The minimum absolute atomic E-state index is 0.137. The highest BCUT2D eigenvalue weighted by Crippen LogP contribution is 2.35. The molecule has 2 aromatic rings. The monoisotopic (exact) mass is 324 g/mol. The molecule has 3 rings (SSSR count). The summed E-state index contributed by atoms with van der Waals surface area (Å²) in [5.41, 5.74) is 1.65. The molecule has 1 aliphatic rings. The summed E-state index contributed by atoms with van der Waals surface area (Å²) in [6.45, 7) is 0.896. The molecule has 0 aliphatic carbocycles. The van der Waals surface area contributed by atoms with Gasteiger partial charge in [-0.25, -0.2) is 10.2 Å². The number of aromatic nitrogens is 1. The molecular formula is C14H11Cl2FN4. The van der Waals surface area contributed by atoms with Gasteiger partial charge in [0.05, 0.1) is 34.5 Å². The molecule has 0 radical (unpaired) electrons. The van der Waals surface area contributed by atoms with Gasteiger partial charge in [0, 0.05) is 11.8 Å². The molecule has 0 fully saturated rings. The molecule has 0 amide bonds. The van der Waals surface area contributed by atoms with Gasteiger partial charge in [-0.15, -0.1) is 0 Å². The van der Waals surface area contributed by atoms with Gasteiger partial charge < -0.3 is 5.01 Å². The molecule has 108 valence electrons. The number of hydrogen-bond acceptors (Lipinski definition) is 4. The predicted octanol–water partition coefficient (Wildman–Crippen LogP) is 3.06. The summed E-state index contributed by atoms with van der Waals surface area (Å²) in [5.74, 6) is 5.52. The first kappa shape index (κ1) is 14.3. The van der Waals surface area contributed by atoms with Crippen molar-refractivity contribution < 1.29 is 4.39 Å². The highest BCUT2D eigenvalue weighted by Gasteiger charge is 2.25. The van der Waals surface area contributed by atoms with Crippen molar-refractivity contribution in [2.45, 2.75) is 0 Å². The fraction of sp³-hybridized carbons (Fsp3) is 0.143. The number of nitrogens with zero attached hydrogens (tertiary/aromatic N) is 3. The molecular weight excluding hydrogens is 314 g/mol. The maximum Gasteiger partial charge on any atom is 0.151 e. The van der Waals surface area contributed by atoms with E-state index in [2.05, 4.69) is 9.98 Å². The number of nitrogens with two attached hydrogens (primary N) is 1. The number of benzene rings is 1. The number of hydrogen-bond donors (Lipinski definition) is 1. The highest BCUT2D eigenvalue weighted by atomic mass is 35.5. The lowest BCUT2D eigenvalue weighted by Crippen LogP contribution is -2.33. The first-order valence-electron chi connectivity index (χ1n) is 6.25. The lowest BCUT2D eigenvalue weighted by atomic mass is 10.0. The van der Waals surface area contributed by atoms with Crippen LogP contribution in [0.4, 0.5) is 10.1 Å². The first-order valence-corrected chi connectivity index (χ1v) is 7.01. The fourth-order valence-corrected chi connectivity index (χ4v) is 2.63. The summed E-state index contributed by atoms with van der Waals surface area (Å²) in [6, 6.07) is 6.24. The van der Waals surface area contributed by atoms with Crippen molar-refractivity contribution in [3.63, 3.8) is 0 Å². The lowest BCUT2D eigenvalue weighted by molar-refractivity contribution is 0.618. The van der Waals surface area contributed by atoms with Gasteiger partial charge in [0.15, 0.2) is 5.82 Å². The van der Waals surface area contributed by atoms with E-state index in [0.717, 1.165) is 0 Å². The van der Waals surface area contributed by atoms with Crippen LogP contribution in [-0.2, 0) is 0 Å². The normalized spacial score (nSPS) is 14.5. The third kappa shape index (κ3) is 2.48. The summed E-state index contributed by atoms with van der Waals surface area (Å²) in [7, 11) is 0. The quantitative estimate of drug-likeness (QED) is 0.820. The van der Waals surface area contributed by atoms with Crippen LogP contribution >= 0.6 is 23.2 Å². The minimum Gasteiger partial charge on any atom is -0.308 e. The number of aliphatic imine (C=N–C) groups is 1. The van der Waals surface area contributed by atoms with E-state index >= 15 is 0 Å². The molecule has 0 bridgehead atoms. The van der Waals surface area contributed by atoms with Crippen LogP contribution in [0.2, 0.25) is 10.0 Å². The summed E-state index contributed by atoms with van der Waals surface area (Å²) in [6.07, 6.45) is 1.50. The number of hydrazine groups is 1. The molecule has 0 saturated heterocycles. The van der Waals surface area contributed by atoms with Crippen molar-refractivity contribution in [2.75, 3.05) is 18.1 Å². The van der Waals surface area contributed by atoms with E-state index in [9.17, 15) is 4.39 Å². The SMILES string of the molecule is NN1CCN=C(c2ncccc2F)c2c1ccc(Cl)c2Cl. The Labute approximate surface area is 131 Å². The van der Waals surface area contributed by atoms with E-state index in [0.29, 0.717) is 35.1 Å². The Bertz CT molecular complexity index is 733. The highest BCUT2D eigenvalue weighted by molar-refractivity contribution is 6.45. The van der Waals surface area contributed by atoms with Crippen molar-refractivity contribution in [3.05, 3.63) is 57.6 Å². The van der Waals surface area contributed by atoms with Crippen molar-refractivity contribution in [2.24, 2.45) is 10.8 Å². The van der Waals surface area contributed by atoms with Crippen LogP contribution in [0.15, 0.2) is 35.5 Å². The Kier molecular flexibility index (Phi) is 3.80. The molecule has 0 saturated carbocycles. The molecule has 1 aromatic heterocycles. The van der Waals surface area contributed by atoms with Gasteiger partial charge in [0.1, 0.15) is 5.69 Å². The third-order valence-corrected chi connectivity index (χ3v) is 4.02. The molecule has 0 atom stereocenters. The Morgan fingerprint density at radius 3 is 2.81 bits per heavy atom. The minimum atomic E-state index is -0.469. The summed E-state index contributed by atoms with van der Waals surface area (Å²) < 4.78 is 14.1. The van der Waals surface area contributed by atoms with Crippen LogP contribution < -0.4 is 10.9 Å². The molecule has 21 heavy (non-hydrogen) atoms. The number of benzodiazepines with no additional fused rings is 1. The second-order valence-corrected chi connectivity index (χ2v) is 5.30. The largest absolute Gasteiger partial charge is 0.308 e. The van der Waals surface area contributed by atoms with Crippen LogP contribution in [0.25, 0.3) is 0 Å². The van der Waals surface area contributed by atoms with E-state index in [1.54, 1.807) is 12.1 Å². The van der Waals surface area contributed by atoms with E-state index in [1.807, 2.05) is 0 Å². The molecule has 7 heteroatoms. The number of rotatable bonds is 1. The topological polar surface area (TPSA) is 54.5 Å². The second-order valence-electron chi connectivity index (χ2n) is 4.51. The summed E-state index contributed by atoms with van der Waals surface area (Å²) in [4.78, 5) is 8.47. The third-order valence-electron chi connectivity index (χ3n) is 3.21. The number of pyridine rings is 1. The molecule has 2 N–H and O–H groups in total. The van der Waals surface area contributed by atoms with Gasteiger partial charge in [0.25, 0.3) is 0 Å². The van der Waals surface area contributed by atoms with Crippen molar-refractivity contribution in [1.29, 1.82) is 0 Å². The van der Waals surface area contributed by atoms with Crippen LogP contribution in [0.5, 0.6) is 0 Å². The zero-order valence-corrected chi connectivity index (χ0v) is 12.4. The Morgan fingerprint density at radius 2 is 2.05 bits per heavy atom. The van der Waals surface area contributed by atoms with Crippen molar-refractivity contribution in [1.82, 2.24) is 4.98 Å². The van der Waals surface area contributed by atoms with Gasteiger partial charge in [-0.1, -0.05) is 23.2 Å². The second kappa shape index (κ2) is 5.60. The van der Waals surface area contributed by atoms with Gasteiger partial charge >= 0.3 is 0 Å². The maximum atomic E-state index is 14.1. The molecule has 0 unspecified atom stereocenters. The van der Waals surface area contributed by atoms with E-state index in [1.165, 1.54) is 23.3 Å². The number of fused-ring (bicyclic) bond motifs is 1. The maximum absolute atomic E-state index is 14.1. The number of halogens is 3. The molecule has 0 spiro atoms. The summed E-state index contributed by atoms with van der Waals surface area (Å²) >= 11 is 12.4. The standard InChI is InChI=1S/C14H11Cl2FN4/c15-8-3-4-10-11(12(8)16)14(20-6-7-21(10)18)13-9(17)2-1-5-19-13/h1-5H,6-7,18H2. The zero-order chi connectivity index (χ0) is 15.0. The van der Waals surface area contributed by atoms with E-state index in [-0.39, 0.29) is 10.7 Å². The average Bonchev–Trinajstić information content (AvgIpc) is 2.63. The predicted molar refractivity (Wildman–Crippen MR) is 82.7 cm³/mol. The molecule has 1 aliphatic heterocycles. The average molecular weight is 325 g/mol. The Balaban J connectivity index is 2.29. The first-order chi connectivity index (χ1) is 10.1. The van der Waals surface area contributed by atoms with Gasteiger partial charge in [-0.05, 0) is 24.3 Å². The molecule has 4 nitrogen and oxygen atoms in total. The number of anilines is 1. The van der Waals surface area contributed by atoms with Crippen LogP contribution in [0, 0.1) is 5.82 Å². The Morgan fingerprint density at radius 1 is 1.24 bits per heavy atom. The fourth-order valence-electron chi connectivity index (χ4n) is 2.23. The van der Waals surface area contributed by atoms with Crippen LogP contribution in [-0.4, -0.2) is 23.8 Å². The van der Waals surface area contributed by atoms with E-state index < -0.39 is 5.82 Å². The van der Waals surface area contributed by atoms with Crippen LogP contribution in [0.1, 0.15) is 11.3 Å². The van der Waals surface area contributed by atoms with E-state index in [4.69, 9.17) is 29.0 Å². The Hall–Kier alpha value is -1.69. The van der Waals surface area contributed by atoms with Gasteiger partial charge in [-0.2, -0.15) is 0 Å². The molecule has 1 aromatic carbocycles. The lowest BCUT2D eigenvalue weighted by Gasteiger charge is -2.20. The van der Waals surface area contributed by atoms with Gasteiger partial charge in [-0.3, -0.25) is 9.98 Å². The molecule has 2 heterocycles. The van der Waals surface area contributed by atoms with Gasteiger partial charge in [0.2, 0.25) is 0 Å².